The fourth-order valence-electron chi connectivity index (χ4n) is 3.70. The summed E-state index contributed by atoms with van der Waals surface area (Å²) in [6, 6.07) is 11.2. The van der Waals surface area contributed by atoms with Gasteiger partial charge in [0.2, 0.25) is 0 Å². The van der Waals surface area contributed by atoms with Crippen molar-refractivity contribution in [3.8, 4) is 0 Å². The smallest absolute Gasteiger partial charge is 0.336 e. The van der Waals surface area contributed by atoms with Crippen LogP contribution in [0.1, 0.15) is 27.9 Å². The van der Waals surface area contributed by atoms with E-state index < -0.39 is 17.3 Å². The molecular formula is C22H22ClFN2O3. The maximum Gasteiger partial charge on any atom is 0.336 e. The average Bonchev–Trinajstić information content (AvgIpc) is 3.16. The average molecular weight is 417 g/mol. The monoisotopic (exact) mass is 416 g/mol. The molecule has 0 radical (unpaired) electrons. The van der Waals surface area contributed by atoms with Crippen LogP contribution >= 0.6 is 12.4 Å². The molecule has 2 N–H and O–H groups in total. The van der Waals surface area contributed by atoms with Gasteiger partial charge in [0.05, 0.1) is 5.56 Å². The highest BCUT2D eigenvalue weighted by atomic mass is 35.5. The predicted molar refractivity (Wildman–Crippen MR) is 114 cm³/mol. The van der Waals surface area contributed by atoms with Crippen LogP contribution in [0.25, 0.3) is 11.0 Å². The Labute approximate surface area is 173 Å². The van der Waals surface area contributed by atoms with Gasteiger partial charge in [-0.1, -0.05) is 6.07 Å². The van der Waals surface area contributed by atoms with Gasteiger partial charge in [0, 0.05) is 23.2 Å². The summed E-state index contributed by atoms with van der Waals surface area (Å²) in [5.41, 5.74) is 2.12. The number of aryl methyl sites for hydroxylation is 1. The van der Waals surface area contributed by atoms with E-state index in [2.05, 4.69) is 10.6 Å². The summed E-state index contributed by atoms with van der Waals surface area (Å²) >= 11 is 0. The molecule has 1 atom stereocenters. The van der Waals surface area contributed by atoms with Gasteiger partial charge in [-0.05, 0) is 74.2 Å². The molecule has 1 fully saturated rings. The first-order valence-corrected chi connectivity index (χ1v) is 9.34. The molecule has 2 aromatic carbocycles. The Morgan fingerprint density at radius 2 is 2.07 bits per heavy atom. The van der Waals surface area contributed by atoms with E-state index in [1.165, 1.54) is 12.1 Å². The predicted octanol–water partition coefficient (Wildman–Crippen LogP) is 4.07. The summed E-state index contributed by atoms with van der Waals surface area (Å²) in [5.74, 6) is -0.583. The minimum atomic E-state index is -0.561. The van der Waals surface area contributed by atoms with Crippen LogP contribution in [0.3, 0.4) is 0 Å². The first-order valence-electron chi connectivity index (χ1n) is 9.34. The quantitative estimate of drug-likeness (QED) is 0.629. The third-order valence-electron chi connectivity index (χ3n) is 5.17. The zero-order valence-corrected chi connectivity index (χ0v) is 16.8. The van der Waals surface area contributed by atoms with E-state index >= 15 is 0 Å². The SMILES string of the molecule is Cc1cc(=O)oc2cc(NC(=O)c3cc(CC4CCNC4)ccc3F)ccc12.Cl. The molecule has 1 aliphatic rings. The highest BCUT2D eigenvalue weighted by Crippen LogP contribution is 2.22. The van der Waals surface area contributed by atoms with Crippen LogP contribution in [0.2, 0.25) is 0 Å². The topological polar surface area (TPSA) is 71.3 Å². The number of carbonyl (C=O) groups excluding carboxylic acids is 1. The van der Waals surface area contributed by atoms with E-state index in [1.54, 1.807) is 30.3 Å². The molecule has 2 heterocycles. The molecule has 1 aliphatic heterocycles. The summed E-state index contributed by atoms with van der Waals surface area (Å²) < 4.78 is 19.5. The molecule has 3 aromatic rings. The van der Waals surface area contributed by atoms with Crippen LogP contribution in [0.15, 0.2) is 51.7 Å². The fourth-order valence-corrected chi connectivity index (χ4v) is 3.70. The Morgan fingerprint density at radius 1 is 1.24 bits per heavy atom. The van der Waals surface area contributed by atoms with Crippen molar-refractivity contribution in [2.75, 3.05) is 18.4 Å². The standard InChI is InChI=1S/C22H21FN2O3.ClH/c1-13-8-21(26)28-20-11-16(3-4-17(13)20)25-22(27)18-10-14(2-5-19(18)23)9-15-6-7-24-12-15;/h2-5,8,10-11,15,24H,6-7,9,12H2,1H3,(H,25,27);1H. The molecule has 152 valence electrons. The third kappa shape index (κ3) is 4.66. The highest BCUT2D eigenvalue weighted by Gasteiger charge is 2.18. The molecule has 7 heteroatoms. The van der Waals surface area contributed by atoms with Gasteiger partial charge in [-0.2, -0.15) is 0 Å². The lowest BCUT2D eigenvalue weighted by atomic mass is 9.97. The number of nitrogens with one attached hydrogen (secondary N) is 2. The van der Waals surface area contributed by atoms with Gasteiger partial charge in [0.25, 0.3) is 5.91 Å². The number of benzene rings is 2. The second-order valence-electron chi connectivity index (χ2n) is 7.29. The Morgan fingerprint density at radius 3 is 2.83 bits per heavy atom. The maximum absolute atomic E-state index is 14.3. The van der Waals surface area contributed by atoms with Gasteiger partial charge < -0.3 is 15.1 Å². The Bertz CT molecular complexity index is 1110. The van der Waals surface area contributed by atoms with Crippen LogP contribution in [0.4, 0.5) is 10.1 Å². The lowest BCUT2D eigenvalue weighted by Gasteiger charge is -2.11. The van der Waals surface area contributed by atoms with Gasteiger partial charge in [-0.25, -0.2) is 9.18 Å². The minimum Gasteiger partial charge on any atom is -0.423 e. The molecule has 29 heavy (non-hydrogen) atoms. The molecule has 1 saturated heterocycles. The Balaban J connectivity index is 0.00000240. The molecule has 5 nitrogen and oxygen atoms in total. The maximum atomic E-state index is 14.3. The highest BCUT2D eigenvalue weighted by molar-refractivity contribution is 6.05. The van der Waals surface area contributed by atoms with Crippen molar-refractivity contribution < 1.29 is 13.6 Å². The Kier molecular flexibility index (Phi) is 6.35. The molecule has 1 aromatic heterocycles. The normalized spacial score (nSPS) is 15.9. The van der Waals surface area contributed by atoms with Crippen molar-refractivity contribution in [1.82, 2.24) is 5.32 Å². The number of hydrogen-bond donors (Lipinski definition) is 2. The van der Waals surface area contributed by atoms with E-state index in [0.29, 0.717) is 17.2 Å². The number of hydrogen-bond acceptors (Lipinski definition) is 4. The zero-order valence-electron chi connectivity index (χ0n) is 16.0. The van der Waals surface area contributed by atoms with Crippen LogP contribution in [0.5, 0.6) is 0 Å². The third-order valence-corrected chi connectivity index (χ3v) is 5.17. The first kappa shape index (κ1) is 21.0. The van der Waals surface area contributed by atoms with Gasteiger partial charge in [-0.3, -0.25) is 4.79 Å². The fraction of sp³-hybridized carbons (Fsp3) is 0.273. The molecule has 1 amide bonds. The summed E-state index contributed by atoms with van der Waals surface area (Å²) in [7, 11) is 0. The van der Waals surface area contributed by atoms with Crippen molar-refractivity contribution in [2.45, 2.75) is 19.8 Å². The molecule has 0 bridgehead atoms. The van der Waals surface area contributed by atoms with E-state index in [1.807, 2.05) is 6.92 Å². The summed E-state index contributed by atoms with van der Waals surface area (Å²) in [6.07, 6.45) is 1.90. The van der Waals surface area contributed by atoms with Gasteiger partial charge in [-0.15, -0.1) is 12.4 Å². The van der Waals surface area contributed by atoms with E-state index in [0.717, 1.165) is 42.4 Å². The van der Waals surface area contributed by atoms with Gasteiger partial charge in [0.15, 0.2) is 0 Å². The molecule has 4 rings (SSSR count). The van der Waals surface area contributed by atoms with Crippen molar-refractivity contribution in [3.63, 3.8) is 0 Å². The molecular weight excluding hydrogens is 395 g/mol. The second-order valence-corrected chi connectivity index (χ2v) is 7.29. The minimum absolute atomic E-state index is 0. The molecule has 0 spiro atoms. The van der Waals surface area contributed by atoms with Gasteiger partial charge >= 0.3 is 5.63 Å². The van der Waals surface area contributed by atoms with Crippen molar-refractivity contribution in [3.05, 3.63) is 75.4 Å². The van der Waals surface area contributed by atoms with Crippen LogP contribution in [0, 0.1) is 18.7 Å². The van der Waals surface area contributed by atoms with Crippen LogP contribution < -0.4 is 16.3 Å². The van der Waals surface area contributed by atoms with Crippen LogP contribution in [-0.2, 0) is 6.42 Å². The van der Waals surface area contributed by atoms with Crippen LogP contribution in [-0.4, -0.2) is 19.0 Å². The van der Waals surface area contributed by atoms with Gasteiger partial charge in [0.1, 0.15) is 11.4 Å². The largest absolute Gasteiger partial charge is 0.423 e. The second kappa shape index (κ2) is 8.76. The van der Waals surface area contributed by atoms with Crippen molar-refractivity contribution in [2.24, 2.45) is 5.92 Å². The number of carbonyl (C=O) groups is 1. The lowest BCUT2D eigenvalue weighted by Crippen LogP contribution is -2.15. The number of rotatable bonds is 4. The number of fused-ring (bicyclic) bond motifs is 1. The molecule has 0 aliphatic carbocycles. The number of anilines is 1. The van der Waals surface area contributed by atoms with E-state index in [9.17, 15) is 14.0 Å². The van der Waals surface area contributed by atoms with Crippen molar-refractivity contribution >= 4 is 35.0 Å². The summed E-state index contributed by atoms with van der Waals surface area (Å²) in [6.45, 7) is 3.76. The summed E-state index contributed by atoms with van der Waals surface area (Å²) in [4.78, 5) is 24.2. The first-order chi connectivity index (χ1) is 13.5. The van der Waals surface area contributed by atoms with E-state index in [-0.39, 0.29) is 18.0 Å². The molecule has 1 unspecified atom stereocenters. The number of halogens is 2. The lowest BCUT2D eigenvalue weighted by molar-refractivity contribution is 0.102. The van der Waals surface area contributed by atoms with E-state index in [4.69, 9.17) is 4.42 Å². The summed E-state index contributed by atoms with van der Waals surface area (Å²) in [5, 5.41) is 6.80. The number of amides is 1. The zero-order chi connectivity index (χ0) is 19.7. The molecule has 0 saturated carbocycles. The Hall–Kier alpha value is -2.70. The van der Waals surface area contributed by atoms with Crippen molar-refractivity contribution in [1.29, 1.82) is 0 Å².